The minimum Gasteiger partial charge on any atom is -0.480 e. The molecule has 0 aromatic rings. The normalized spacial score (nSPS) is 14.2. The van der Waals surface area contributed by atoms with Crippen LogP contribution in [0.4, 0.5) is 0 Å². The van der Waals surface area contributed by atoms with Gasteiger partial charge in [0.05, 0.1) is 19.8 Å². The van der Waals surface area contributed by atoms with Crippen LogP contribution in [0.25, 0.3) is 0 Å². The Balaban J connectivity index is 4.19. The van der Waals surface area contributed by atoms with Gasteiger partial charge >= 0.3 is 19.8 Å². The lowest BCUT2D eigenvalue weighted by atomic mass is 10.0. The molecule has 0 amide bonds. The molecule has 4 N–H and O–H groups in total. The van der Waals surface area contributed by atoms with Gasteiger partial charge < -0.3 is 25.2 Å². The number of hydrogen-bond donors (Lipinski definition) is 3. The van der Waals surface area contributed by atoms with Gasteiger partial charge in [0.25, 0.3) is 0 Å². The van der Waals surface area contributed by atoms with Crippen LogP contribution in [0.1, 0.15) is 226 Å². The maximum Gasteiger partial charge on any atom is 0.472 e. The lowest BCUT2D eigenvalue weighted by molar-refractivity contribution is -0.154. The Labute approximate surface area is 404 Å². The smallest absolute Gasteiger partial charge is 0.472 e. The van der Waals surface area contributed by atoms with Gasteiger partial charge in [-0.25, -0.2) is 4.57 Å². The molecule has 0 aromatic carbocycles. The minimum atomic E-state index is -4.64. The summed E-state index contributed by atoms with van der Waals surface area (Å²) in [6.45, 7) is 3.71. The number of aliphatic carboxylic acids is 1. The monoisotopic (exact) mass is 948 g/mol. The number of carboxylic acid groups (broad SMARTS) is 1. The van der Waals surface area contributed by atoms with Crippen LogP contribution in [0.15, 0.2) is 72.9 Å². The Bertz CT molecular complexity index is 1330. The molecule has 3 atom stereocenters. The van der Waals surface area contributed by atoms with E-state index in [1.54, 1.807) is 0 Å². The largest absolute Gasteiger partial charge is 0.480 e. The summed E-state index contributed by atoms with van der Waals surface area (Å²) in [6, 6.07) is -1.48. The molecule has 11 heteroatoms. The number of esters is 1. The first kappa shape index (κ1) is 63.4. The first-order valence-corrected chi connectivity index (χ1v) is 28.0. The van der Waals surface area contributed by atoms with E-state index >= 15 is 0 Å². The van der Waals surface area contributed by atoms with Gasteiger partial charge in [-0.05, 0) is 64.2 Å². The van der Waals surface area contributed by atoms with Crippen molar-refractivity contribution < 1.29 is 42.7 Å². The number of unbranched alkanes of at least 4 members (excludes halogenated alkanes) is 24. The standard InChI is InChI=1S/C55H98NO9P/c1-3-5-7-9-11-13-15-17-19-21-23-25-27-29-31-33-35-37-39-41-43-45-47-54(57)65-52(50-63-66(60,61)64-51-53(56)55(58)59)49-62-48-46-44-42-40-38-36-34-32-30-28-26-24-22-20-18-16-14-12-10-8-6-4-2/h6,8,12,14,18,20,24,26,30,32,36,38,52-53H,3-5,7,9-11,13,15-17,19,21-23,25,27-29,31,33-35,37,39-51,56H2,1-2H3,(H,58,59)(H,60,61)/b8-6-,14-12-,20-18-,26-24-,32-30-,38-36-. The number of carboxylic acids is 1. The van der Waals surface area contributed by atoms with E-state index in [0.717, 1.165) is 83.5 Å². The van der Waals surface area contributed by atoms with Gasteiger partial charge in [-0.1, -0.05) is 228 Å². The molecule has 382 valence electrons. The third kappa shape index (κ3) is 49.3. The maximum absolute atomic E-state index is 12.7. The predicted octanol–water partition coefficient (Wildman–Crippen LogP) is 15.7. The summed E-state index contributed by atoms with van der Waals surface area (Å²) in [7, 11) is -4.64. The van der Waals surface area contributed by atoms with Gasteiger partial charge in [-0.3, -0.25) is 18.6 Å². The van der Waals surface area contributed by atoms with Gasteiger partial charge in [0.1, 0.15) is 12.1 Å². The number of carbonyl (C=O) groups excluding carboxylic acids is 1. The zero-order chi connectivity index (χ0) is 48.3. The van der Waals surface area contributed by atoms with Gasteiger partial charge in [0.15, 0.2) is 0 Å². The van der Waals surface area contributed by atoms with Crippen LogP contribution < -0.4 is 5.73 Å². The van der Waals surface area contributed by atoms with E-state index in [2.05, 4.69) is 86.8 Å². The lowest BCUT2D eigenvalue weighted by Crippen LogP contribution is -2.34. The first-order chi connectivity index (χ1) is 32.2. The summed E-state index contributed by atoms with van der Waals surface area (Å²) < 4.78 is 33.5. The second-order valence-corrected chi connectivity index (χ2v) is 19.1. The molecule has 0 bridgehead atoms. The van der Waals surface area contributed by atoms with Gasteiger partial charge in [-0.15, -0.1) is 0 Å². The SMILES string of the molecule is CC/C=C\C/C=C\C/C=C\C/C=C\C/C=C\C/C=C\CCCCCOCC(COP(=O)(O)OCC(N)C(=O)O)OC(=O)CCCCCCCCCCCCCCCCCCCCCCCC. The molecule has 10 nitrogen and oxygen atoms in total. The molecular formula is C55H98NO9P. The lowest BCUT2D eigenvalue weighted by Gasteiger charge is -2.20. The highest BCUT2D eigenvalue weighted by Crippen LogP contribution is 2.43. The van der Waals surface area contributed by atoms with Gasteiger partial charge in [0.2, 0.25) is 0 Å². The second-order valence-electron chi connectivity index (χ2n) is 17.6. The van der Waals surface area contributed by atoms with Crippen molar-refractivity contribution in [3.05, 3.63) is 72.9 Å². The van der Waals surface area contributed by atoms with E-state index in [1.165, 1.54) is 116 Å². The third-order valence-electron chi connectivity index (χ3n) is 11.3. The molecule has 0 saturated heterocycles. The fraction of sp³-hybridized carbons (Fsp3) is 0.745. The molecule has 0 aliphatic heterocycles. The third-order valence-corrected chi connectivity index (χ3v) is 12.2. The highest BCUT2D eigenvalue weighted by molar-refractivity contribution is 7.47. The molecule has 0 rings (SSSR count). The van der Waals surface area contributed by atoms with Crippen molar-refractivity contribution in [1.29, 1.82) is 0 Å². The number of ether oxygens (including phenoxy) is 2. The van der Waals surface area contributed by atoms with E-state index in [9.17, 15) is 19.0 Å². The summed E-state index contributed by atoms with van der Waals surface area (Å²) in [5, 5.41) is 8.94. The Hall–Kier alpha value is -2.59. The average Bonchev–Trinajstić information content (AvgIpc) is 3.30. The fourth-order valence-electron chi connectivity index (χ4n) is 7.20. The number of rotatable bonds is 50. The first-order valence-electron chi connectivity index (χ1n) is 26.5. The van der Waals surface area contributed by atoms with Gasteiger partial charge in [-0.2, -0.15) is 0 Å². The summed E-state index contributed by atoms with van der Waals surface area (Å²) >= 11 is 0. The topological polar surface area (TPSA) is 155 Å². The van der Waals surface area contributed by atoms with Crippen LogP contribution in [0.3, 0.4) is 0 Å². The zero-order valence-electron chi connectivity index (χ0n) is 42.0. The summed E-state index contributed by atoms with van der Waals surface area (Å²) in [4.78, 5) is 33.7. The Morgan fingerprint density at radius 1 is 0.500 bits per heavy atom. The zero-order valence-corrected chi connectivity index (χ0v) is 42.9. The predicted molar refractivity (Wildman–Crippen MR) is 277 cm³/mol. The fourth-order valence-corrected chi connectivity index (χ4v) is 7.98. The van der Waals surface area contributed by atoms with Crippen molar-refractivity contribution in [3.63, 3.8) is 0 Å². The van der Waals surface area contributed by atoms with Crippen LogP contribution in [0.2, 0.25) is 0 Å². The molecule has 66 heavy (non-hydrogen) atoms. The van der Waals surface area contributed by atoms with Crippen LogP contribution in [0, 0.1) is 0 Å². The van der Waals surface area contributed by atoms with E-state index in [0.29, 0.717) is 13.0 Å². The van der Waals surface area contributed by atoms with Crippen molar-refractivity contribution >= 4 is 19.8 Å². The summed E-state index contributed by atoms with van der Waals surface area (Å²) in [5.41, 5.74) is 5.38. The number of nitrogens with two attached hydrogens (primary N) is 1. The Kier molecular flexibility index (Phi) is 48.3. The molecule has 0 radical (unpaired) electrons. The van der Waals surface area contributed by atoms with Crippen molar-refractivity contribution in [2.45, 2.75) is 238 Å². The highest BCUT2D eigenvalue weighted by atomic mass is 31.2. The van der Waals surface area contributed by atoms with Crippen LogP contribution in [0.5, 0.6) is 0 Å². The van der Waals surface area contributed by atoms with Crippen molar-refractivity contribution in [2.75, 3.05) is 26.4 Å². The van der Waals surface area contributed by atoms with Crippen LogP contribution in [-0.4, -0.2) is 60.5 Å². The van der Waals surface area contributed by atoms with Gasteiger partial charge in [0, 0.05) is 13.0 Å². The molecule has 0 aliphatic rings. The molecule has 0 fully saturated rings. The molecule has 0 saturated carbocycles. The van der Waals surface area contributed by atoms with E-state index in [1.807, 2.05) is 0 Å². The van der Waals surface area contributed by atoms with Crippen molar-refractivity contribution in [3.8, 4) is 0 Å². The molecule has 0 spiro atoms. The molecule has 3 unspecified atom stereocenters. The number of phosphoric acid groups is 1. The number of carbonyl (C=O) groups is 2. The van der Waals surface area contributed by atoms with E-state index in [4.69, 9.17) is 29.4 Å². The number of allylic oxidation sites excluding steroid dienone is 12. The average molecular weight is 948 g/mol. The molecule has 0 heterocycles. The number of phosphoric ester groups is 1. The quantitative estimate of drug-likeness (QED) is 0.0232. The van der Waals surface area contributed by atoms with Crippen molar-refractivity contribution in [1.82, 2.24) is 0 Å². The molecule has 0 aromatic heterocycles. The highest BCUT2D eigenvalue weighted by Gasteiger charge is 2.27. The van der Waals surface area contributed by atoms with Crippen molar-refractivity contribution in [2.24, 2.45) is 5.73 Å². The van der Waals surface area contributed by atoms with E-state index < -0.39 is 45.1 Å². The minimum absolute atomic E-state index is 0.00706. The van der Waals surface area contributed by atoms with E-state index in [-0.39, 0.29) is 13.0 Å². The Morgan fingerprint density at radius 3 is 1.30 bits per heavy atom. The van der Waals surface area contributed by atoms with Crippen LogP contribution >= 0.6 is 7.82 Å². The Morgan fingerprint density at radius 2 is 0.879 bits per heavy atom. The molecule has 0 aliphatic carbocycles. The summed E-state index contributed by atoms with van der Waals surface area (Å²) in [6.07, 6.45) is 64.0. The summed E-state index contributed by atoms with van der Waals surface area (Å²) in [5.74, 6) is -1.79. The molecular weight excluding hydrogens is 850 g/mol. The van der Waals surface area contributed by atoms with Crippen LogP contribution in [-0.2, 0) is 32.7 Å². The second kappa shape index (κ2) is 50.3. The number of hydrogen-bond acceptors (Lipinski definition) is 8. The maximum atomic E-state index is 12.7.